The van der Waals surface area contributed by atoms with Gasteiger partial charge in [-0.1, -0.05) is 109 Å². The van der Waals surface area contributed by atoms with Crippen LogP contribution in [0, 0.1) is 0 Å². The third-order valence-electron chi connectivity index (χ3n) is 6.73. The van der Waals surface area contributed by atoms with Gasteiger partial charge in [0.25, 0.3) is 0 Å². The summed E-state index contributed by atoms with van der Waals surface area (Å²) < 4.78 is 0. The van der Waals surface area contributed by atoms with Crippen LogP contribution in [-0.4, -0.2) is 22.2 Å². The largest absolute Gasteiger partial charge is 0.480 e. The van der Waals surface area contributed by atoms with Gasteiger partial charge < -0.3 is 10.2 Å². The molecule has 1 atom stereocenters. The van der Waals surface area contributed by atoms with Crippen molar-refractivity contribution in [3.05, 3.63) is 138 Å². The quantitative estimate of drug-likeness (QED) is 0.314. The van der Waals surface area contributed by atoms with Crippen molar-refractivity contribution in [2.24, 2.45) is 0 Å². The van der Waals surface area contributed by atoms with E-state index in [1.807, 2.05) is 91.0 Å². The Labute approximate surface area is 209 Å². The van der Waals surface area contributed by atoms with Crippen molar-refractivity contribution < 1.29 is 19.8 Å². The molecule has 1 aliphatic rings. The van der Waals surface area contributed by atoms with Crippen molar-refractivity contribution >= 4 is 17.5 Å². The summed E-state index contributed by atoms with van der Waals surface area (Å²) in [5, 5.41) is 19.8. The summed E-state index contributed by atoms with van der Waals surface area (Å²) in [6.45, 7) is 0. The minimum Gasteiger partial charge on any atom is -0.480 e. The van der Waals surface area contributed by atoms with Gasteiger partial charge >= 0.3 is 11.9 Å². The van der Waals surface area contributed by atoms with Gasteiger partial charge in [0.05, 0.1) is 5.56 Å². The molecular weight excluding hydrogens is 448 g/mol. The zero-order valence-electron chi connectivity index (χ0n) is 19.5. The Hall–Kier alpha value is -4.70. The number of hydrogen-bond acceptors (Lipinski definition) is 2. The maximum absolute atomic E-state index is 12.9. The number of carbonyl (C=O) groups is 2. The standard InChI is InChI=1S/C32H24O4/c33-30(34)26-16-14-22(15-17-26)23-18-20-32(21-19-23,31(35)36)28-13-7-12-27(24-8-3-1-4-9-24)29(28)25-10-5-2-6-11-25/h1-20H,21H2,(H,33,34)(H,35,36). The average Bonchev–Trinajstić information content (AvgIpc) is 2.93. The highest BCUT2D eigenvalue weighted by molar-refractivity contribution is 5.95. The summed E-state index contributed by atoms with van der Waals surface area (Å²) in [6, 6.07) is 32.4. The van der Waals surface area contributed by atoms with E-state index in [-0.39, 0.29) is 12.0 Å². The highest BCUT2D eigenvalue weighted by atomic mass is 16.4. The molecule has 0 aromatic heterocycles. The Balaban J connectivity index is 1.64. The fourth-order valence-corrected chi connectivity index (χ4v) is 4.83. The summed E-state index contributed by atoms with van der Waals surface area (Å²) in [4.78, 5) is 24.1. The van der Waals surface area contributed by atoms with Gasteiger partial charge in [0, 0.05) is 0 Å². The second-order valence-corrected chi connectivity index (χ2v) is 8.82. The molecule has 176 valence electrons. The Kier molecular flexibility index (Phi) is 6.09. The van der Waals surface area contributed by atoms with Crippen LogP contribution >= 0.6 is 0 Å². The first-order chi connectivity index (χ1) is 17.5. The van der Waals surface area contributed by atoms with E-state index in [2.05, 4.69) is 0 Å². The topological polar surface area (TPSA) is 74.6 Å². The van der Waals surface area contributed by atoms with E-state index in [9.17, 15) is 19.8 Å². The van der Waals surface area contributed by atoms with Crippen LogP contribution in [0.25, 0.3) is 27.8 Å². The first kappa shape index (κ1) is 23.1. The molecule has 0 bridgehead atoms. The van der Waals surface area contributed by atoms with E-state index in [0.717, 1.165) is 39.0 Å². The van der Waals surface area contributed by atoms with Gasteiger partial charge in [-0.15, -0.1) is 0 Å². The molecule has 0 radical (unpaired) electrons. The predicted molar refractivity (Wildman–Crippen MR) is 142 cm³/mol. The molecule has 0 spiro atoms. The third kappa shape index (κ3) is 4.14. The zero-order valence-corrected chi connectivity index (χ0v) is 19.5. The number of benzene rings is 4. The molecular formula is C32H24O4. The maximum atomic E-state index is 12.9. The summed E-state index contributed by atoms with van der Waals surface area (Å²) >= 11 is 0. The highest BCUT2D eigenvalue weighted by Gasteiger charge is 2.41. The SMILES string of the molecule is O=C(O)c1ccc(C2=CCC(C(=O)O)(c3cccc(-c4ccccc4)c3-c3ccccc3)C=C2)cc1. The van der Waals surface area contributed by atoms with Gasteiger partial charge in [-0.05, 0) is 57.5 Å². The Morgan fingerprint density at radius 1 is 0.667 bits per heavy atom. The molecule has 4 nitrogen and oxygen atoms in total. The lowest BCUT2D eigenvalue weighted by molar-refractivity contribution is -0.141. The van der Waals surface area contributed by atoms with E-state index >= 15 is 0 Å². The van der Waals surface area contributed by atoms with Gasteiger partial charge in [0.1, 0.15) is 5.41 Å². The molecule has 4 aromatic carbocycles. The van der Waals surface area contributed by atoms with Crippen LogP contribution in [0.2, 0.25) is 0 Å². The molecule has 1 unspecified atom stereocenters. The summed E-state index contributed by atoms with van der Waals surface area (Å²) in [7, 11) is 0. The lowest BCUT2D eigenvalue weighted by Gasteiger charge is -2.32. The van der Waals surface area contributed by atoms with Crippen molar-refractivity contribution in [1.82, 2.24) is 0 Å². The lowest BCUT2D eigenvalue weighted by atomic mass is 9.70. The molecule has 0 saturated heterocycles. The monoisotopic (exact) mass is 472 g/mol. The highest BCUT2D eigenvalue weighted by Crippen LogP contribution is 2.45. The minimum atomic E-state index is -1.25. The van der Waals surface area contributed by atoms with Crippen molar-refractivity contribution in [1.29, 1.82) is 0 Å². The predicted octanol–water partition coefficient (Wildman–Crippen LogP) is 7.08. The molecule has 4 aromatic rings. The van der Waals surface area contributed by atoms with E-state index in [1.54, 1.807) is 30.3 Å². The molecule has 0 aliphatic heterocycles. The van der Waals surface area contributed by atoms with Gasteiger partial charge in [0.2, 0.25) is 0 Å². The summed E-state index contributed by atoms with van der Waals surface area (Å²) in [5.41, 5.74) is 5.26. The molecule has 1 aliphatic carbocycles. The van der Waals surface area contributed by atoms with E-state index in [1.165, 1.54) is 0 Å². The normalized spacial score (nSPS) is 16.8. The Morgan fingerprint density at radius 2 is 1.31 bits per heavy atom. The molecule has 2 N–H and O–H groups in total. The zero-order chi connectivity index (χ0) is 25.1. The maximum Gasteiger partial charge on any atom is 0.335 e. The summed E-state index contributed by atoms with van der Waals surface area (Å²) in [6.07, 6.45) is 5.80. The van der Waals surface area contributed by atoms with Crippen molar-refractivity contribution in [3.63, 3.8) is 0 Å². The van der Waals surface area contributed by atoms with Gasteiger partial charge in [-0.2, -0.15) is 0 Å². The molecule has 0 amide bonds. The first-order valence-corrected chi connectivity index (χ1v) is 11.7. The van der Waals surface area contributed by atoms with Crippen LogP contribution in [0.4, 0.5) is 0 Å². The van der Waals surface area contributed by atoms with Crippen LogP contribution in [0.15, 0.2) is 121 Å². The Bertz CT molecular complexity index is 1480. The van der Waals surface area contributed by atoms with Crippen molar-refractivity contribution in [2.45, 2.75) is 11.8 Å². The smallest absolute Gasteiger partial charge is 0.335 e. The number of rotatable bonds is 6. The molecule has 4 heteroatoms. The van der Waals surface area contributed by atoms with E-state index in [4.69, 9.17) is 0 Å². The second-order valence-electron chi connectivity index (χ2n) is 8.82. The van der Waals surface area contributed by atoms with Crippen LogP contribution in [0.1, 0.15) is 27.9 Å². The number of aliphatic carboxylic acids is 1. The number of allylic oxidation sites excluding steroid dienone is 3. The molecule has 36 heavy (non-hydrogen) atoms. The average molecular weight is 473 g/mol. The third-order valence-corrected chi connectivity index (χ3v) is 6.73. The van der Waals surface area contributed by atoms with Gasteiger partial charge in [-0.25, -0.2) is 4.79 Å². The van der Waals surface area contributed by atoms with Crippen LogP contribution in [-0.2, 0) is 10.2 Å². The molecule has 0 heterocycles. The molecule has 0 fully saturated rings. The number of carboxylic acids is 2. The molecule has 5 rings (SSSR count). The van der Waals surface area contributed by atoms with Crippen LogP contribution in [0.5, 0.6) is 0 Å². The fraction of sp³-hybridized carbons (Fsp3) is 0.0625. The second kappa shape index (κ2) is 9.51. The summed E-state index contributed by atoms with van der Waals surface area (Å²) in [5.74, 6) is -1.90. The van der Waals surface area contributed by atoms with E-state index < -0.39 is 17.4 Å². The fourth-order valence-electron chi connectivity index (χ4n) is 4.83. The van der Waals surface area contributed by atoms with Gasteiger partial charge in [0.15, 0.2) is 0 Å². The minimum absolute atomic E-state index is 0.212. The van der Waals surface area contributed by atoms with Crippen LogP contribution < -0.4 is 0 Å². The lowest BCUT2D eigenvalue weighted by Crippen LogP contribution is -2.35. The number of carboxylic acid groups (broad SMARTS) is 2. The van der Waals surface area contributed by atoms with E-state index in [0.29, 0.717) is 0 Å². The van der Waals surface area contributed by atoms with Crippen molar-refractivity contribution in [3.8, 4) is 22.3 Å². The molecule has 0 saturated carbocycles. The van der Waals surface area contributed by atoms with Crippen LogP contribution in [0.3, 0.4) is 0 Å². The first-order valence-electron chi connectivity index (χ1n) is 11.7. The van der Waals surface area contributed by atoms with Crippen molar-refractivity contribution in [2.75, 3.05) is 0 Å². The number of hydrogen-bond donors (Lipinski definition) is 2. The Morgan fingerprint density at radius 3 is 1.86 bits per heavy atom. The number of aromatic carboxylic acids is 1. The van der Waals surface area contributed by atoms with Gasteiger partial charge in [-0.3, -0.25) is 4.79 Å².